The first kappa shape index (κ1) is 16.3. The Bertz CT molecular complexity index is 807. The normalized spacial score (nSPS) is 11.0. The van der Waals surface area contributed by atoms with E-state index in [4.69, 9.17) is 11.6 Å². The lowest BCUT2D eigenvalue weighted by Crippen LogP contribution is -2.18. The van der Waals surface area contributed by atoms with E-state index in [0.717, 1.165) is 12.1 Å². The molecule has 8 heteroatoms. The molecule has 0 radical (unpaired) electrons. The Balaban J connectivity index is 2.28. The van der Waals surface area contributed by atoms with E-state index < -0.39 is 15.8 Å². The maximum atomic E-state index is 13.0. The van der Waals surface area contributed by atoms with E-state index in [1.807, 2.05) is 0 Å². The van der Waals surface area contributed by atoms with Crippen LogP contribution in [0.15, 0.2) is 47.4 Å². The Labute approximate surface area is 132 Å². The van der Waals surface area contributed by atoms with Crippen LogP contribution in [0.4, 0.5) is 10.1 Å². The summed E-state index contributed by atoms with van der Waals surface area (Å²) >= 11 is 5.79. The van der Waals surface area contributed by atoms with Crippen LogP contribution in [0.5, 0.6) is 0 Å². The van der Waals surface area contributed by atoms with Gasteiger partial charge in [-0.1, -0.05) is 11.6 Å². The Morgan fingerprint density at radius 3 is 2.32 bits per heavy atom. The maximum Gasteiger partial charge on any atom is 0.261 e. The quantitative estimate of drug-likeness (QED) is 0.897. The molecule has 0 spiro atoms. The maximum absolute atomic E-state index is 13.0. The monoisotopic (exact) mass is 342 g/mol. The van der Waals surface area contributed by atoms with E-state index in [1.165, 1.54) is 37.4 Å². The fourth-order valence-corrected chi connectivity index (χ4v) is 3.06. The minimum absolute atomic E-state index is 0.0412. The first-order valence-corrected chi connectivity index (χ1v) is 7.99. The molecule has 0 aliphatic heterocycles. The number of benzene rings is 2. The zero-order valence-corrected chi connectivity index (χ0v) is 13.0. The van der Waals surface area contributed by atoms with Crippen LogP contribution >= 0.6 is 11.6 Å². The standard InChI is InChI=1S/C14H12ClFN2O3S/c1-17-14(19)9-2-5-11(6-3-9)22(20,21)18-13-7-4-10(16)8-12(13)15/h2-8,18H,1H3,(H,17,19). The van der Waals surface area contributed by atoms with Crippen LogP contribution in [0.25, 0.3) is 0 Å². The van der Waals surface area contributed by atoms with Gasteiger partial charge in [0.1, 0.15) is 5.82 Å². The molecule has 2 N–H and O–H groups in total. The summed E-state index contributed by atoms with van der Waals surface area (Å²) in [5.74, 6) is -0.888. The molecule has 0 aliphatic carbocycles. The number of carbonyl (C=O) groups excluding carboxylic acids is 1. The molecule has 0 fully saturated rings. The molecule has 0 saturated carbocycles. The number of nitrogens with one attached hydrogen (secondary N) is 2. The summed E-state index contributed by atoms with van der Waals surface area (Å²) < 4.78 is 39.7. The Hall–Kier alpha value is -2.12. The van der Waals surface area contributed by atoms with Crippen molar-refractivity contribution in [1.82, 2.24) is 5.32 Å². The second-order valence-electron chi connectivity index (χ2n) is 4.33. The van der Waals surface area contributed by atoms with E-state index in [9.17, 15) is 17.6 Å². The molecule has 2 rings (SSSR count). The van der Waals surface area contributed by atoms with E-state index in [1.54, 1.807) is 0 Å². The van der Waals surface area contributed by atoms with Crippen molar-refractivity contribution < 1.29 is 17.6 Å². The molecule has 1 amide bonds. The van der Waals surface area contributed by atoms with Crippen LogP contribution in [0.2, 0.25) is 5.02 Å². The Morgan fingerprint density at radius 1 is 1.14 bits per heavy atom. The van der Waals surface area contributed by atoms with Gasteiger partial charge in [-0.15, -0.1) is 0 Å². The van der Waals surface area contributed by atoms with Gasteiger partial charge >= 0.3 is 0 Å². The third-order valence-corrected chi connectivity index (χ3v) is 4.52. The number of rotatable bonds is 4. The first-order chi connectivity index (χ1) is 10.3. The predicted octanol–water partition coefficient (Wildman–Crippen LogP) is 2.64. The number of hydrogen-bond acceptors (Lipinski definition) is 3. The second kappa shape index (κ2) is 6.33. The number of anilines is 1. The summed E-state index contributed by atoms with van der Waals surface area (Å²) in [4.78, 5) is 11.4. The van der Waals surface area contributed by atoms with E-state index in [2.05, 4.69) is 10.0 Å². The minimum atomic E-state index is -3.89. The van der Waals surface area contributed by atoms with Gasteiger partial charge < -0.3 is 5.32 Å². The molecule has 2 aromatic carbocycles. The average Bonchev–Trinajstić information content (AvgIpc) is 2.49. The van der Waals surface area contributed by atoms with Gasteiger partial charge in [-0.2, -0.15) is 0 Å². The number of carbonyl (C=O) groups is 1. The molecule has 0 aliphatic rings. The molecule has 0 bridgehead atoms. The van der Waals surface area contributed by atoms with Crippen LogP contribution in [-0.4, -0.2) is 21.4 Å². The van der Waals surface area contributed by atoms with E-state index in [0.29, 0.717) is 5.56 Å². The van der Waals surface area contributed by atoms with Crippen LogP contribution in [-0.2, 0) is 10.0 Å². The SMILES string of the molecule is CNC(=O)c1ccc(S(=O)(=O)Nc2ccc(F)cc2Cl)cc1. The summed E-state index contributed by atoms with van der Waals surface area (Å²) in [7, 11) is -2.41. The van der Waals surface area contributed by atoms with E-state index >= 15 is 0 Å². The number of halogens is 2. The second-order valence-corrected chi connectivity index (χ2v) is 6.42. The molecule has 0 saturated heterocycles. The van der Waals surface area contributed by atoms with Gasteiger partial charge in [0.2, 0.25) is 0 Å². The molecule has 0 unspecified atom stereocenters. The summed E-state index contributed by atoms with van der Waals surface area (Å²) in [6.07, 6.45) is 0. The zero-order chi connectivity index (χ0) is 16.3. The van der Waals surface area contributed by atoms with Crippen molar-refractivity contribution in [3.05, 3.63) is 58.9 Å². The van der Waals surface area contributed by atoms with Gasteiger partial charge in [-0.05, 0) is 42.5 Å². The number of sulfonamides is 1. The summed E-state index contributed by atoms with van der Waals surface area (Å²) in [5, 5.41) is 2.38. The summed E-state index contributed by atoms with van der Waals surface area (Å²) in [6, 6.07) is 8.70. The lowest BCUT2D eigenvalue weighted by Gasteiger charge is -2.10. The topological polar surface area (TPSA) is 75.3 Å². The molecule has 0 aromatic heterocycles. The van der Waals surface area contributed by atoms with E-state index in [-0.39, 0.29) is 21.5 Å². The zero-order valence-electron chi connectivity index (χ0n) is 11.4. The van der Waals surface area contributed by atoms with Crippen molar-refractivity contribution in [3.63, 3.8) is 0 Å². The van der Waals surface area contributed by atoms with Crippen LogP contribution in [0.1, 0.15) is 10.4 Å². The predicted molar refractivity (Wildman–Crippen MR) is 82.1 cm³/mol. The molecule has 22 heavy (non-hydrogen) atoms. The number of amides is 1. The van der Waals surface area contributed by atoms with Crippen molar-refractivity contribution in [2.24, 2.45) is 0 Å². The number of hydrogen-bond donors (Lipinski definition) is 2. The van der Waals surface area contributed by atoms with Crippen molar-refractivity contribution in [2.45, 2.75) is 4.90 Å². The third kappa shape index (κ3) is 3.55. The first-order valence-electron chi connectivity index (χ1n) is 6.13. The van der Waals surface area contributed by atoms with Gasteiger partial charge in [-0.25, -0.2) is 12.8 Å². The lowest BCUT2D eigenvalue weighted by molar-refractivity contribution is 0.0963. The molecule has 0 atom stereocenters. The lowest BCUT2D eigenvalue weighted by atomic mass is 10.2. The highest BCUT2D eigenvalue weighted by Crippen LogP contribution is 2.25. The van der Waals surface area contributed by atoms with Crippen molar-refractivity contribution in [2.75, 3.05) is 11.8 Å². The third-order valence-electron chi connectivity index (χ3n) is 2.83. The van der Waals surface area contributed by atoms with Gasteiger partial charge in [-0.3, -0.25) is 9.52 Å². The van der Waals surface area contributed by atoms with Crippen molar-refractivity contribution in [1.29, 1.82) is 0 Å². The molecule has 0 heterocycles. The fourth-order valence-electron chi connectivity index (χ4n) is 1.71. The molecular weight excluding hydrogens is 331 g/mol. The molecular formula is C14H12ClFN2O3S. The van der Waals surface area contributed by atoms with Gasteiger partial charge in [0, 0.05) is 12.6 Å². The summed E-state index contributed by atoms with van der Waals surface area (Å²) in [6.45, 7) is 0. The van der Waals surface area contributed by atoms with Crippen LogP contribution < -0.4 is 10.0 Å². The smallest absolute Gasteiger partial charge is 0.261 e. The Kier molecular flexibility index (Phi) is 4.68. The van der Waals surface area contributed by atoms with Gasteiger partial charge in [0.05, 0.1) is 15.6 Å². The Morgan fingerprint density at radius 2 is 1.77 bits per heavy atom. The van der Waals surface area contributed by atoms with Crippen molar-refractivity contribution in [3.8, 4) is 0 Å². The summed E-state index contributed by atoms with van der Waals surface area (Å²) in [5.41, 5.74) is 0.403. The molecule has 2 aromatic rings. The highest BCUT2D eigenvalue weighted by molar-refractivity contribution is 7.92. The fraction of sp³-hybridized carbons (Fsp3) is 0.0714. The highest BCUT2D eigenvalue weighted by atomic mass is 35.5. The van der Waals surface area contributed by atoms with Gasteiger partial charge in [0.15, 0.2) is 0 Å². The van der Waals surface area contributed by atoms with Gasteiger partial charge in [0.25, 0.3) is 15.9 Å². The largest absolute Gasteiger partial charge is 0.355 e. The molecule has 5 nitrogen and oxygen atoms in total. The van der Waals surface area contributed by atoms with Crippen molar-refractivity contribution >= 4 is 33.2 Å². The van der Waals surface area contributed by atoms with Crippen LogP contribution in [0, 0.1) is 5.82 Å². The highest BCUT2D eigenvalue weighted by Gasteiger charge is 2.16. The molecule has 116 valence electrons. The average molecular weight is 343 g/mol. The van der Waals surface area contributed by atoms with Crippen LogP contribution in [0.3, 0.4) is 0 Å². The minimum Gasteiger partial charge on any atom is -0.355 e.